The van der Waals surface area contributed by atoms with E-state index in [1.807, 2.05) is 0 Å². The topological polar surface area (TPSA) is 92.5 Å². The third-order valence-corrected chi connectivity index (χ3v) is 4.06. The first-order valence-corrected chi connectivity index (χ1v) is 7.69. The van der Waals surface area contributed by atoms with E-state index in [0.29, 0.717) is 8.95 Å². The van der Waals surface area contributed by atoms with Crippen molar-refractivity contribution < 1.29 is 14.8 Å². The summed E-state index contributed by atoms with van der Waals surface area (Å²) in [7, 11) is 0. The minimum atomic E-state index is -0.602. The second kappa shape index (κ2) is 6.64. The van der Waals surface area contributed by atoms with Crippen LogP contribution in [-0.4, -0.2) is 15.9 Å². The lowest BCUT2D eigenvalue weighted by molar-refractivity contribution is -0.384. The summed E-state index contributed by atoms with van der Waals surface area (Å²) in [5, 5.41) is 23.1. The smallest absolute Gasteiger partial charge is 0.271 e. The van der Waals surface area contributed by atoms with E-state index in [1.165, 1.54) is 18.2 Å². The fourth-order valence-electron chi connectivity index (χ4n) is 1.65. The number of nitro benzene ring substituents is 1. The van der Waals surface area contributed by atoms with Gasteiger partial charge in [-0.15, -0.1) is 0 Å². The summed E-state index contributed by atoms with van der Waals surface area (Å²) < 4.78 is 0.943. The number of carbonyl (C=O) groups is 1. The Morgan fingerprint density at radius 1 is 1.27 bits per heavy atom. The molecule has 0 saturated heterocycles. The Bertz CT molecular complexity index is 783. The van der Waals surface area contributed by atoms with Gasteiger partial charge >= 0.3 is 0 Å². The van der Waals surface area contributed by atoms with Crippen LogP contribution in [0.25, 0.3) is 0 Å². The average molecular weight is 450 g/mol. The van der Waals surface area contributed by atoms with E-state index in [0.717, 1.165) is 6.07 Å². The van der Waals surface area contributed by atoms with Gasteiger partial charge in [-0.25, -0.2) is 0 Å². The summed E-state index contributed by atoms with van der Waals surface area (Å²) in [6, 6.07) is 6.70. The third-order valence-electron chi connectivity index (χ3n) is 2.68. The van der Waals surface area contributed by atoms with Gasteiger partial charge in [-0.1, -0.05) is 27.5 Å². The molecule has 0 spiro atoms. The molecule has 0 fully saturated rings. The lowest BCUT2D eigenvalue weighted by Crippen LogP contribution is -2.12. The van der Waals surface area contributed by atoms with Crippen molar-refractivity contribution in [2.75, 3.05) is 5.32 Å². The van der Waals surface area contributed by atoms with Crippen LogP contribution in [0.3, 0.4) is 0 Å². The van der Waals surface area contributed by atoms with Gasteiger partial charge in [-0.3, -0.25) is 14.9 Å². The number of benzene rings is 2. The normalized spacial score (nSPS) is 10.3. The molecule has 2 aromatic rings. The van der Waals surface area contributed by atoms with Crippen molar-refractivity contribution >= 4 is 60.7 Å². The van der Waals surface area contributed by atoms with Gasteiger partial charge in [0.1, 0.15) is 5.75 Å². The van der Waals surface area contributed by atoms with Gasteiger partial charge in [-0.05, 0) is 34.1 Å². The van der Waals surface area contributed by atoms with E-state index in [2.05, 4.69) is 37.2 Å². The molecule has 0 aliphatic carbocycles. The third kappa shape index (κ3) is 3.57. The maximum Gasteiger partial charge on any atom is 0.271 e. The first kappa shape index (κ1) is 16.7. The molecule has 0 atom stereocenters. The van der Waals surface area contributed by atoms with Gasteiger partial charge in [-0.2, -0.15) is 0 Å². The zero-order chi connectivity index (χ0) is 16.4. The predicted octanol–water partition coefficient (Wildman–Crippen LogP) is 4.73. The fourth-order valence-corrected chi connectivity index (χ4v) is 3.09. The second-order valence-corrected chi connectivity index (χ2v) is 6.34. The number of anilines is 1. The average Bonchev–Trinajstić information content (AvgIpc) is 2.44. The standard InChI is InChI=1S/C13H7Br2ClN2O4/c14-6-3-8(12(19)9(15)4-6)13(20)17-11-2-1-7(18(21)22)5-10(11)16/h1-5,19H,(H,17,20). The van der Waals surface area contributed by atoms with Crippen molar-refractivity contribution in [3.63, 3.8) is 0 Å². The first-order valence-electron chi connectivity index (χ1n) is 5.73. The Kier molecular flexibility index (Phi) is 5.05. The molecule has 22 heavy (non-hydrogen) atoms. The van der Waals surface area contributed by atoms with Gasteiger partial charge < -0.3 is 10.4 Å². The van der Waals surface area contributed by atoms with Crippen molar-refractivity contribution in [2.45, 2.75) is 0 Å². The number of non-ortho nitro benzene ring substituents is 1. The van der Waals surface area contributed by atoms with E-state index in [4.69, 9.17) is 11.6 Å². The largest absolute Gasteiger partial charge is 0.506 e. The molecule has 0 unspecified atom stereocenters. The molecular formula is C13H7Br2ClN2O4. The summed E-state index contributed by atoms with van der Waals surface area (Å²) in [6.45, 7) is 0. The zero-order valence-corrected chi connectivity index (χ0v) is 14.6. The number of nitro groups is 1. The number of rotatable bonds is 3. The van der Waals surface area contributed by atoms with E-state index in [1.54, 1.807) is 6.07 Å². The maximum atomic E-state index is 12.2. The second-order valence-electron chi connectivity index (χ2n) is 4.16. The Morgan fingerprint density at radius 2 is 1.95 bits per heavy atom. The number of phenolic OH excluding ortho intramolecular Hbond substituents is 1. The highest BCUT2D eigenvalue weighted by Gasteiger charge is 2.17. The number of phenols is 1. The number of aromatic hydroxyl groups is 1. The summed E-state index contributed by atoms with van der Waals surface area (Å²) in [6.07, 6.45) is 0. The van der Waals surface area contributed by atoms with Crippen LogP contribution < -0.4 is 5.32 Å². The number of hydrogen-bond donors (Lipinski definition) is 2. The molecule has 0 radical (unpaired) electrons. The fraction of sp³-hybridized carbons (Fsp3) is 0. The minimum absolute atomic E-state index is 0.0238. The lowest BCUT2D eigenvalue weighted by atomic mass is 10.2. The number of amides is 1. The Balaban J connectivity index is 2.32. The molecule has 2 rings (SSSR count). The minimum Gasteiger partial charge on any atom is -0.506 e. The zero-order valence-electron chi connectivity index (χ0n) is 10.6. The number of carbonyl (C=O) groups excluding carboxylic acids is 1. The maximum absolute atomic E-state index is 12.2. The molecule has 0 heterocycles. The van der Waals surface area contributed by atoms with Gasteiger partial charge in [0.2, 0.25) is 0 Å². The van der Waals surface area contributed by atoms with Crippen molar-refractivity contribution in [2.24, 2.45) is 0 Å². The monoisotopic (exact) mass is 448 g/mol. The molecule has 2 aromatic carbocycles. The van der Waals surface area contributed by atoms with Crippen LogP contribution >= 0.6 is 43.5 Å². The molecule has 2 N–H and O–H groups in total. The summed E-state index contributed by atoms with van der Waals surface area (Å²) in [4.78, 5) is 22.3. The Morgan fingerprint density at radius 3 is 2.55 bits per heavy atom. The summed E-state index contributed by atoms with van der Waals surface area (Å²) >= 11 is 12.3. The molecule has 0 bridgehead atoms. The van der Waals surface area contributed by atoms with Crippen LogP contribution in [0.2, 0.25) is 5.02 Å². The molecular weight excluding hydrogens is 443 g/mol. The van der Waals surface area contributed by atoms with E-state index in [-0.39, 0.29) is 27.7 Å². The molecule has 0 aliphatic rings. The van der Waals surface area contributed by atoms with Crippen LogP contribution in [0.5, 0.6) is 5.75 Å². The van der Waals surface area contributed by atoms with E-state index >= 15 is 0 Å². The van der Waals surface area contributed by atoms with Gasteiger partial charge in [0.15, 0.2) is 0 Å². The number of nitrogens with one attached hydrogen (secondary N) is 1. The van der Waals surface area contributed by atoms with E-state index < -0.39 is 10.8 Å². The summed E-state index contributed by atoms with van der Waals surface area (Å²) in [5.74, 6) is -0.825. The van der Waals surface area contributed by atoms with E-state index in [9.17, 15) is 20.0 Å². The highest BCUT2D eigenvalue weighted by atomic mass is 79.9. The Labute approximate surface area is 146 Å². The number of halogens is 3. The predicted molar refractivity (Wildman–Crippen MR) is 89.6 cm³/mol. The molecule has 0 aliphatic heterocycles. The molecule has 9 heteroatoms. The quantitative estimate of drug-likeness (QED) is 0.522. The molecule has 1 amide bonds. The van der Waals surface area contributed by atoms with Crippen LogP contribution in [0, 0.1) is 10.1 Å². The van der Waals surface area contributed by atoms with Crippen LogP contribution in [0.15, 0.2) is 39.3 Å². The molecule has 114 valence electrons. The van der Waals surface area contributed by atoms with Crippen LogP contribution in [0.4, 0.5) is 11.4 Å². The van der Waals surface area contributed by atoms with Crippen molar-refractivity contribution in [3.05, 3.63) is 60.0 Å². The van der Waals surface area contributed by atoms with Crippen molar-refractivity contribution in [3.8, 4) is 5.75 Å². The summed E-state index contributed by atoms with van der Waals surface area (Å²) in [5.41, 5.74) is 0.0412. The van der Waals surface area contributed by atoms with Crippen molar-refractivity contribution in [1.29, 1.82) is 0 Å². The number of nitrogens with zero attached hydrogens (tertiary/aromatic N) is 1. The van der Waals surface area contributed by atoms with Crippen molar-refractivity contribution in [1.82, 2.24) is 0 Å². The highest BCUT2D eigenvalue weighted by Crippen LogP contribution is 2.33. The SMILES string of the molecule is O=C(Nc1ccc([N+](=O)[O-])cc1Cl)c1cc(Br)cc(Br)c1O. The van der Waals surface area contributed by atoms with Crippen LogP contribution in [0.1, 0.15) is 10.4 Å². The number of hydrogen-bond acceptors (Lipinski definition) is 4. The highest BCUT2D eigenvalue weighted by molar-refractivity contribution is 9.11. The van der Waals surface area contributed by atoms with Crippen LogP contribution in [-0.2, 0) is 0 Å². The molecule has 0 aromatic heterocycles. The molecule has 0 saturated carbocycles. The van der Waals surface area contributed by atoms with Gasteiger partial charge in [0.25, 0.3) is 11.6 Å². The lowest BCUT2D eigenvalue weighted by Gasteiger charge is -2.10. The van der Waals surface area contributed by atoms with Gasteiger partial charge in [0, 0.05) is 16.6 Å². The first-order chi connectivity index (χ1) is 10.3. The Hall–Kier alpha value is -1.64. The molecule has 6 nitrogen and oxygen atoms in total. The van der Waals surface area contributed by atoms with Gasteiger partial charge in [0.05, 0.1) is 25.7 Å².